The third-order valence-corrected chi connectivity index (χ3v) is 2.45. The normalized spacial score (nSPS) is 12.0. The molecule has 0 aliphatic heterocycles. The summed E-state index contributed by atoms with van der Waals surface area (Å²) in [6.07, 6.45) is -0.0729. The van der Waals surface area contributed by atoms with E-state index >= 15 is 0 Å². The fraction of sp³-hybridized carbons (Fsp3) is 0.538. The number of carbonyl (C=O) groups excluding carboxylic acids is 1. The second-order valence-corrected chi connectivity index (χ2v) is 3.87. The molecule has 1 atom stereocenters. The summed E-state index contributed by atoms with van der Waals surface area (Å²) in [5.74, 6) is 0.187. The molecule has 0 spiro atoms. The zero-order valence-corrected chi connectivity index (χ0v) is 11.1. The third-order valence-electron chi connectivity index (χ3n) is 2.45. The number of carbonyl (C=O) groups is 1. The molecule has 0 amide bonds. The van der Waals surface area contributed by atoms with E-state index in [0.717, 1.165) is 5.69 Å². The Morgan fingerprint density at radius 3 is 2.72 bits per heavy atom. The molecule has 1 aromatic rings. The fourth-order valence-electron chi connectivity index (χ4n) is 1.54. The van der Waals surface area contributed by atoms with E-state index in [-0.39, 0.29) is 12.5 Å². The number of aromatic nitrogens is 1. The van der Waals surface area contributed by atoms with E-state index in [9.17, 15) is 4.79 Å². The molecule has 0 saturated heterocycles. The minimum absolute atomic E-state index is 0.274. The number of aryl methyl sites for hydroxylation is 1. The van der Waals surface area contributed by atoms with E-state index in [1.54, 1.807) is 13.0 Å². The molecule has 0 fully saturated rings. The Kier molecular flexibility index (Phi) is 5.58. The van der Waals surface area contributed by atoms with Crippen molar-refractivity contribution in [3.63, 3.8) is 0 Å². The van der Waals surface area contributed by atoms with Gasteiger partial charge in [0, 0.05) is 12.2 Å². The lowest BCUT2D eigenvalue weighted by Crippen LogP contribution is -2.29. The first-order chi connectivity index (χ1) is 8.62. The zero-order chi connectivity index (χ0) is 13.5. The molecule has 5 nitrogen and oxygen atoms in total. The molecule has 1 aromatic heterocycles. The first-order valence-corrected chi connectivity index (χ1v) is 6.12. The molecule has 0 aliphatic rings. The van der Waals surface area contributed by atoms with E-state index in [1.807, 2.05) is 19.9 Å². The van der Waals surface area contributed by atoms with E-state index in [4.69, 9.17) is 15.2 Å². The molecule has 5 heteroatoms. The monoisotopic (exact) mass is 252 g/mol. The molecule has 100 valence electrons. The summed E-state index contributed by atoms with van der Waals surface area (Å²) in [5, 5.41) is 0. The summed E-state index contributed by atoms with van der Waals surface area (Å²) >= 11 is 0. The number of esters is 1. The zero-order valence-electron chi connectivity index (χ0n) is 11.1. The number of pyridine rings is 1. The molecule has 18 heavy (non-hydrogen) atoms. The van der Waals surface area contributed by atoms with Gasteiger partial charge >= 0.3 is 5.97 Å². The molecule has 0 saturated carbocycles. The van der Waals surface area contributed by atoms with E-state index in [2.05, 4.69) is 4.98 Å². The van der Waals surface area contributed by atoms with Gasteiger partial charge in [0.1, 0.15) is 5.75 Å². The standard InChI is InChI=1S/C13H20N2O3/c1-4-11(13(16)17-5-2)18-12-7-6-9(3)15-10(12)8-14/h6-7,11H,4-5,8,14H2,1-3H3. The Morgan fingerprint density at radius 1 is 1.44 bits per heavy atom. The van der Waals surface area contributed by atoms with Crippen LogP contribution in [0.1, 0.15) is 31.7 Å². The topological polar surface area (TPSA) is 74.4 Å². The average Bonchev–Trinajstić information content (AvgIpc) is 2.37. The van der Waals surface area contributed by atoms with E-state index < -0.39 is 6.10 Å². The highest BCUT2D eigenvalue weighted by Crippen LogP contribution is 2.19. The van der Waals surface area contributed by atoms with E-state index in [1.165, 1.54) is 0 Å². The largest absolute Gasteiger partial charge is 0.477 e. The SMILES string of the molecule is CCOC(=O)C(CC)Oc1ccc(C)nc1CN. The minimum atomic E-state index is -0.611. The number of nitrogens with zero attached hydrogens (tertiary/aromatic N) is 1. The first kappa shape index (κ1) is 14.4. The average molecular weight is 252 g/mol. The molecule has 0 radical (unpaired) electrons. The summed E-state index contributed by atoms with van der Waals surface area (Å²) in [6, 6.07) is 3.61. The Hall–Kier alpha value is -1.62. The van der Waals surface area contributed by atoms with Crippen LogP contribution in [0.15, 0.2) is 12.1 Å². The van der Waals surface area contributed by atoms with Crippen LogP contribution in [0.25, 0.3) is 0 Å². The van der Waals surface area contributed by atoms with Gasteiger partial charge in [0.05, 0.1) is 12.3 Å². The number of hydrogen-bond acceptors (Lipinski definition) is 5. The van der Waals surface area contributed by atoms with Gasteiger partial charge in [-0.15, -0.1) is 0 Å². The van der Waals surface area contributed by atoms with Crippen molar-refractivity contribution in [3.05, 3.63) is 23.5 Å². The molecule has 2 N–H and O–H groups in total. The van der Waals surface area contributed by atoms with Crippen LogP contribution in [-0.2, 0) is 16.1 Å². The smallest absolute Gasteiger partial charge is 0.347 e. The maximum absolute atomic E-state index is 11.6. The summed E-state index contributed by atoms with van der Waals surface area (Å²) in [7, 11) is 0. The van der Waals surface area contributed by atoms with Gasteiger partial charge < -0.3 is 15.2 Å². The van der Waals surface area contributed by atoms with Gasteiger partial charge in [-0.1, -0.05) is 6.92 Å². The second kappa shape index (κ2) is 6.96. The van der Waals surface area contributed by atoms with Crippen molar-refractivity contribution in [2.24, 2.45) is 5.73 Å². The highest BCUT2D eigenvalue weighted by atomic mass is 16.6. The molecule has 1 heterocycles. The van der Waals surface area contributed by atoms with Crippen LogP contribution in [0.3, 0.4) is 0 Å². The molecular weight excluding hydrogens is 232 g/mol. The second-order valence-electron chi connectivity index (χ2n) is 3.87. The van der Waals surface area contributed by atoms with Crippen LogP contribution in [-0.4, -0.2) is 23.7 Å². The molecule has 0 aliphatic carbocycles. The van der Waals surface area contributed by atoms with Crippen LogP contribution in [0.2, 0.25) is 0 Å². The predicted octanol–water partition coefficient (Wildman–Crippen LogP) is 1.57. The maximum atomic E-state index is 11.6. The molecular formula is C13H20N2O3. The van der Waals surface area contributed by atoms with Gasteiger partial charge in [-0.3, -0.25) is 4.98 Å². The van der Waals surface area contributed by atoms with Crippen molar-refractivity contribution in [1.29, 1.82) is 0 Å². The van der Waals surface area contributed by atoms with Crippen LogP contribution in [0, 0.1) is 6.92 Å². The van der Waals surface area contributed by atoms with Crippen LogP contribution < -0.4 is 10.5 Å². The van der Waals surface area contributed by atoms with Crippen LogP contribution >= 0.6 is 0 Å². The summed E-state index contributed by atoms with van der Waals surface area (Å²) in [6.45, 7) is 6.13. The van der Waals surface area contributed by atoms with Crippen molar-refractivity contribution in [3.8, 4) is 5.75 Å². The van der Waals surface area contributed by atoms with Crippen molar-refractivity contribution in [2.75, 3.05) is 6.61 Å². The molecule has 1 unspecified atom stereocenters. The van der Waals surface area contributed by atoms with Gasteiger partial charge in [0.15, 0.2) is 6.10 Å². The van der Waals surface area contributed by atoms with Crippen molar-refractivity contribution in [2.45, 2.75) is 39.8 Å². The third kappa shape index (κ3) is 3.70. The quantitative estimate of drug-likeness (QED) is 0.778. The minimum Gasteiger partial charge on any atom is -0.477 e. The van der Waals surface area contributed by atoms with Gasteiger partial charge in [-0.2, -0.15) is 0 Å². The number of hydrogen-bond donors (Lipinski definition) is 1. The van der Waals surface area contributed by atoms with Gasteiger partial charge in [-0.25, -0.2) is 4.79 Å². The fourth-order valence-corrected chi connectivity index (χ4v) is 1.54. The van der Waals surface area contributed by atoms with Crippen LogP contribution in [0.4, 0.5) is 0 Å². The Bertz CT molecular complexity index is 407. The number of rotatable bonds is 6. The van der Waals surface area contributed by atoms with Crippen molar-refractivity contribution < 1.29 is 14.3 Å². The van der Waals surface area contributed by atoms with Crippen molar-refractivity contribution >= 4 is 5.97 Å². The first-order valence-electron chi connectivity index (χ1n) is 6.12. The van der Waals surface area contributed by atoms with Gasteiger partial charge in [0.25, 0.3) is 0 Å². The number of ether oxygens (including phenoxy) is 2. The Balaban J connectivity index is 2.84. The van der Waals surface area contributed by atoms with E-state index in [0.29, 0.717) is 24.5 Å². The number of nitrogens with two attached hydrogens (primary N) is 1. The molecule has 0 aromatic carbocycles. The lowest BCUT2D eigenvalue weighted by molar-refractivity contribution is -0.151. The summed E-state index contributed by atoms with van der Waals surface area (Å²) in [4.78, 5) is 15.9. The summed E-state index contributed by atoms with van der Waals surface area (Å²) in [5.41, 5.74) is 7.13. The van der Waals surface area contributed by atoms with Crippen molar-refractivity contribution in [1.82, 2.24) is 4.98 Å². The lowest BCUT2D eigenvalue weighted by atomic mass is 10.2. The summed E-state index contributed by atoms with van der Waals surface area (Å²) < 4.78 is 10.6. The maximum Gasteiger partial charge on any atom is 0.347 e. The van der Waals surface area contributed by atoms with Gasteiger partial charge in [0.2, 0.25) is 0 Å². The predicted molar refractivity (Wildman–Crippen MR) is 68.2 cm³/mol. The highest BCUT2D eigenvalue weighted by molar-refractivity contribution is 5.75. The lowest BCUT2D eigenvalue weighted by Gasteiger charge is -2.17. The Morgan fingerprint density at radius 2 is 2.17 bits per heavy atom. The Labute approximate surface area is 107 Å². The van der Waals surface area contributed by atoms with Gasteiger partial charge in [-0.05, 0) is 32.4 Å². The highest BCUT2D eigenvalue weighted by Gasteiger charge is 2.20. The molecule has 1 rings (SSSR count). The molecule has 0 bridgehead atoms. The van der Waals surface area contributed by atoms with Crippen LogP contribution in [0.5, 0.6) is 5.75 Å².